The number of amides is 1. The summed E-state index contributed by atoms with van der Waals surface area (Å²) in [5.41, 5.74) is 1.70. The Morgan fingerprint density at radius 2 is 2.10 bits per heavy atom. The lowest BCUT2D eigenvalue weighted by Gasteiger charge is -2.08. The molecule has 0 atom stereocenters. The van der Waals surface area contributed by atoms with E-state index in [2.05, 4.69) is 20.4 Å². The molecule has 2 N–H and O–H groups in total. The summed E-state index contributed by atoms with van der Waals surface area (Å²) in [6, 6.07) is 1.72. The molecule has 0 aromatic carbocycles. The highest BCUT2D eigenvalue weighted by atomic mass is 16.1. The molecule has 0 radical (unpaired) electrons. The van der Waals surface area contributed by atoms with Crippen molar-refractivity contribution in [2.24, 2.45) is 0 Å². The first kappa shape index (κ1) is 14.0. The van der Waals surface area contributed by atoms with Crippen molar-refractivity contribution in [2.45, 2.75) is 34.1 Å². The Kier molecular flexibility index (Phi) is 3.69. The van der Waals surface area contributed by atoms with E-state index >= 15 is 0 Å². The van der Waals surface area contributed by atoms with Crippen molar-refractivity contribution >= 4 is 11.7 Å². The molecule has 0 bridgehead atoms. The molecule has 7 nitrogen and oxygen atoms in total. The largest absolute Gasteiger partial charge is 0.310 e. The molecule has 0 aliphatic heterocycles. The number of carbonyl (C=O) groups excluding carboxylic acids is 1. The van der Waals surface area contributed by atoms with Crippen LogP contribution in [0.1, 0.15) is 30.3 Å². The van der Waals surface area contributed by atoms with Crippen LogP contribution in [0.2, 0.25) is 0 Å². The third kappa shape index (κ3) is 2.61. The quantitative estimate of drug-likeness (QED) is 0.881. The minimum Gasteiger partial charge on any atom is -0.310 e. The van der Waals surface area contributed by atoms with Crippen LogP contribution in [0, 0.1) is 20.8 Å². The fourth-order valence-corrected chi connectivity index (χ4v) is 1.71. The van der Waals surface area contributed by atoms with Gasteiger partial charge in [0.25, 0.3) is 5.56 Å². The van der Waals surface area contributed by atoms with E-state index < -0.39 is 0 Å². The molecular formula is C13H17N5O2. The number of hydrogen-bond donors (Lipinski definition) is 2. The van der Waals surface area contributed by atoms with Crippen molar-refractivity contribution in [3.05, 3.63) is 33.4 Å². The molecule has 2 aromatic rings. The SMILES string of the molecule is CCC(=O)Nc1cc(C)nn1-c1nc(C)c(C)c(=O)[nH]1. The molecule has 2 rings (SSSR count). The highest BCUT2D eigenvalue weighted by Crippen LogP contribution is 2.14. The average molecular weight is 275 g/mol. The van der Waals surface area contributed by atoms with Gasteiger partial charge in [-0.1, -0.05) is 6.92 Å². The number of nitrogens with one attached hydrogen (secondary N) is 2. The van der Waals surface area contributed by atoms with Crippen molar-refractivity contribution in [2.75, 3.05) is 5.32 Å². The summed E-state index contributed by atoms with van der Waals surface area (Å²) in [4.78, 5) is 30.3. The van der Waals surface area contributed by atoms with Crippen LogP contribution >= 0.6 is 0 Å². The molecule has 20 heavy (non-hydrogen) atoms. The maximum atomic E-state index is 11.8. The summed E-state index contributed by atoms with van der Waals surface area (Å²) in [6.45, 7) is 7.03. The van der Waals surface area contributed by atoms with Gasteiger partial charge in [-0.05, 0) is 20.8 Å². The zero-order valence-electron chi connectivity index (χ0n) is 11.9. The average Bonchev–Trinajstić information content (AvgIpc) is 2.76. The van der Waals surface area contributed by atoms with E-state index in [1.807, 2.05) is 0 Å². The number of H-pyrrole nitrogens is 1. The van der Waals surface area contributed by atoms with Crippen molar-refractivity contribution in [1.82, 2.24) is 19.7 Å². The molecule has 0 aliphatic carbocycles. The molecule has 2 aromatic heterocycles. The number of rotatable bonds is 3. The second-order valence-corrected chi connectivity index (χ2v) is 4.58. The van der Waals surface area contributed by atoms with Gasteiger partial charge in [0.05, 0.1) is 5.69 Å². The van der Waals surface area contributed by atoms with Crippen molar-refractivity contribution in [3.8, 4) is 5.95 Å². The number of nitrogens with zero attached hydrogens (tertiary/aromatic N) is 3. The van der Waals surface area contributed by atoms with Crippen LogP contribution in [0.15, 0.2) is 10.9 Å². The van der Waals surface area contributed by atoms with Gasteiger partial charge in [-0.3, -0.25) is 14.6 Å². The normalized spacial score (nSPS) is 10.6. The molecule has 7 heteroatoms. The summed E-state index contributed by atoms with van der Waals surface area (Å²) in [6.07, 6.45) is 0.362. The molecular weight excluding hydrogens is 258 g/mol. The molecule has 0 unspecified atom stereocenters. The molecule has 106 valence electrons. The Hall–Kier alpha value is -2.44. The predicted molar refractivity (Wildman–Crippen MR) is 75.1 cm³/mol. The van der Waals surface area contributed by atoms with E-state index in [1.54, 1.807) is 33.8 Å². The van der Waals surface area contributed by atoms with Crippen LogP contribution in [-0.2, 0) is 4.79 Å². The van der Waals surface area contributed by atoms with Gasteiger partial charge in [0.15, 0.2) is 0 Å². The minimum absolute atomic E-state index is 0.127. The first-order chi connectivity index (χ1) is 9.42. The maximum Gasteiger partial charge on any atom is 0.255 e. The Balaban J connectivity index is 2.52. The third-order valence-electron chi connectivity index (χ3n) is 3.00. The van der Waals surface area contributed by atoms with Gasteiger partial charge in [-0.25, -0.2) is 4.98 Å². The van der Waals surface area contributed by atoms with Gasteiger partial charge in [0.1, 0.15) is 5.82 Å². The van der Waals surface area contributed by atoms with E-state index in [0.29, 0.717) is 23.5 Å². The summed E-state index contributed by atoms with van der Waals surface area (Å²) in [5, 5.41) is 6.98. The van der Waals surface area contributed by atoms with Crippen LogP contribution < -0.4 is 10.9 Å². The van der Waals surface area contributed by atoms with Crippen molar-refractivity contribution in [1.29, 1.82) is 0 Å². The van der Waals surface area contributed by atoms with Gasteiger partial charge >= 0.3 is 0 Å². The van der Waals surface area contributed by atoms with Crippen LogP contribution in [0.3, 0.4) is 0 Å². The van der Waals surface area contributed by atoms with Crippen LogP contribution in [0.5, 0.6) is 0 Å². The Labute approximate surface area is 116 Å². The number of anilines is 1. The van der Waals surface area contributed by atoms with E-state index in [1.165, 1.54) is 4.68 Å². The Morgan fingerprint density at radius 1 is 1.40 bits per heavy atom. The second-order valence-electron chi connectivity index (χ2n) is 4.58. The monoisotopic (exact) mass is 275 g/mol. The summed E-state index contributed by atoms with van der Waals surface area (Å²) in [7, 11) is 0. The Bertz CT molecular complexity index is 714. The molecule has 1 amide bonds. The standard InChI is InChI=1S/C13H17N5O2/c1-5-11(19)15-10-6-7(2)17-18(10)13-14-9(4)8(3)12(20)16-13/h6H,5H2,1-4H3,(H,15,19)(H,14,16,20). The number of carbonyl (C=O) groups is 1. The van der Waals surface area contributed by atoms with Gasteiger partial charge in [-0.2, -0.15) is 9.78 Å². The molecule has 0 aliphatic rings. The highest BCUT2D eigenvalue weighted by Gasteiger charge is 2.13. The first-order valence-electron chi connectivity index (χ1n) is 6.36. The topological polar surface area (TPSA) is 92.7 Å². The second kappa shape index (κ2) is 5.28. The maximum absolute atomic E-state index is 11.8. The lowest BCUT2D eigenvalue weighted by atomic mass is 10.3. The zero-order chi connectivity index (χ0) is 14.9. The molecule has 0 fully saturated rings. The summed E-state index contributed by atoms with van der Waals surface area (Å²) < 4.78 is 1.43. The van der Waals surface area contributed by atoms with Crippen LogP contribution in [-0.4, -0.2) is 25.7 Å². The van der Waals surface area contributed by atoms with Gasteiger partial charge in [0, 0.05) is 23.7 Å². The Morgan fingerprint density at radius 3 is 2.70 bits per heavy atom. The predicted octanol–water partition coefficient (Wildman–Crippen LogP) is 1.23. The molecule has 0 saturated heterocycles. The summed E-state index contributed by atoms with van der Waals surface area (Å²) >= 11 is 0. The first-order valence-corrected chi connectivity index (χ1v) is 6.36. The highest BCUT2D eigenvalue weighted by molar-refractivity contribution is 5.89. The molecule has 0 saturated carbocycles. The van der Waals surface area contributed by atoms with E-state index in [0.717, 1.165) is 5.69 Å². The van der Waals surface area contributed by atoms with E-state index in [9.17, 15) is 9.59 Å². The minimum atomic E-state index is -0.214. The van der Waals surface area contributed by atoms with Gasteiger partial charge in [-0.15, -0.1) is 0 Å². The number of aromatic amines is 1. The summed E-state index contributed by atoms with van der Waals surface area (Å²) in [5.74, 6) is 0.649. The van der Waals surface area contributed by atoms with Gasteiger partial charge in [0.2, 0.25) is 11.9 Å². The van der Waals surface area contributed by atoms with Gasteiger partial charge < -0.3 is 5.32 Å². The van der Waals surface area contributed by atoms with E-state index in [4.69, 9.17) is 0 Å². The lowest BCUT2D eigenvalue weighted by molar-refractivity contribution is -0.115. The lowest BCUT2D eigenvalue weighted by Crippen LogP contribution is -2.20. The van der Waals surface area contributed by atoms with Crippen LogP contribution in [0.25, 0.3) is 5.95 Å². The van der Waals surface area contributed by atoms with Crippen molar-refractivity contribution in [3.63, 3.8) is 0 Å². The van der Waals surface area contributed by atoms with Crippen molar-refractivity contribution < 1.29 is 4.79 Å². The van der Waals surface area contributed by atoms with E-state index in [-0.39, 0.29) is 17.4 Å². The fourth-order valence-electron chi connectivity index (χ4n) is 1.71. The fraction of sp³-hybridized carbons (Fsp3) is 0.385. The smallest absolute Gasteiger partial charge is 0.255 e. The van der Waals surface area contributed by atoms with Crippen LogP contribution in [0.4, 0.5) is 5.82 Å². The number of hydrogen-bond acceptors (Lipinski definition) is 4. The third-order valence-corrected chi connectivity index (χ3v) is 3.00. The number of aryl methyl sites for hydroxylation is 2. The molecule has 2 heterocycles. The zero-order valence-corrected chi connectivity index (χ0v) is 11.9. The number of aromatic nitrogens is 4. The molecule has 0 spiro atoms.